The number of anilines is 1. The van der Waals surface area contributed by atoms with E-state index >= 15 is 0 Å². The number of esters is 2. The van der Waals surface area contributed by atoms with Crippen molar-refractivity contribution in [2.24, 2.45) is 11.6 Å². The van der Waals surface area contributed by atoms with Crippen LogP contribution >= 0.6 is 11.9 Å². The van der Waals surface area contributed by atoms with Crippen molar-refractivity contribution in [3.05, 3.63) is 41.0 Å². The van der Waals surface area contributed by atoms with Crippen LogP contribution in [0.25, 0.3) is 0 Å². The van der Waals surface area contributed by atoms with Crippen molar-refractivity contribution >= 4 is 35.4 Å². The monoisotopic (exact) mass is 589 g/mol. The molecule has 3 atom stereocenters. The molecule has 2 aliphatic heterocycles. The van der Waals surface area contributed by atoms with Crippen molar-refractivity contribution in [2.75, 3.05) is 11.7 Å². The van der Waals surface area contributed by atoms with Crippen LogP contribution in [0.15, 0.2) is 35.4 Å². The van der Waals surface area contributed by atoms with Gasteiger partial charge in [0.1, 0.15) is 11.2 Å². The van der Waals surface area contributed by atoms with Crippen molar-refractivity contribution < 1.29 is 23.9 Å². The number of nitrogens with two attached hydrogens (primary N) is 2. The van der Waals surface area contributed by atoms with Gasteiger partial charge in [-0.15, -0.1) is 0 Å². The van der Waals surface area contributed by atoms with Crippen LogP contribution in [-0.4, -0.2) is 61.8 Å². The van der Waals surface area contributed by atoms with Gasteiger partial charge in [0, 0.05) is 29.8 Å². The molecule has 2 aliphatic rings. The second-order valence-corrected chi connectivity index (χ2v) is 14.6. The zero-order valence-electron chi connectivity index (χ0n) is 25.9. The molecule has 0 radical (unpaired) electrons. The van der Waals surface area contributed by atoms with Gasteiger partial charge in [0.2, 0.25) is 0 Å². The maximum atomic E-state index is 13.7. The van der Waals surface area contributed by atoms with E-state index in [9.17, 15) is 14.4 Å². The van der Waals surface area contributed by atoms with E-state index < -0.39 is 34.5 Å². The fourth-order valence-electron chi connectivity index (χ4n) is 4.86. The summed E-state index contributed by atoms with van der Waals surface area (Å²) in [5, 5.41) is 4.26. The number of Topliss-reactive ketones (excluding diaryl/α,β-unsaturated/α-hetero) is 1. The van der Waals surface area contributed by atoms with Gasteiger partial charge < -0.3 is 15.2 Å². The highest BCUT2D eigenvalue weighted by Crippen LogP contribution is 2.41. The van der Waals surface area contributed by atoms with Crippen molar-refractivity contribution in [2.45, 2.75) is 116 Å². The van der Waals surface area contributed by atoms with E-state index in [4.69, 9.17) is 21.1 Å². The van der Waals surface area contributed by atoms with Crippen LogP contribution in [0.1, 0.15) is 98.4 Å². The predicted molar refractivity (Wildman–Crippen MR) is 162 cm³/mol. The molecule has 0 aromatic heterocycles. The number of ketones is 1. The molecule has 0 bridgehead atoms. The number of hydrazine groups is 3. The lowest BCUT2D eigenvalue weighted by Gasteiger charge is -2.45. The van der Waals surface area contributed by atoms with Crippen LogP contribution in [0.3, 0.4) is 0 Å². The number of carbonyl (C=O) groups is 3. The van der Waals surface area contributed by atoms with Gasteiger partial charge in [0.15, 0.2) is 11.3 Å². The SMILES string of the molecule is CC(C)=C1C[C@@H]2C[C@@H](C)SN(N(N)c3ccc(C(=O)C(N)(CCC(=O)OC(C)(C)C)C(=O)OC(C)(C)C)cc3)N2C1. The third-order valence-corrected chi connectivity index (χ3v) is 8.08. The number of fused-ring (bicyclic) bond motifs is 1. The molecular formula is C30H47N5O5S. The van der Waals surface area contributed by atoms with Crippen LogP contribution in [-0.2, 0) is 19.1 Å². The number of benzene rings is 1. The molecule has 41 heavy (non-hydrogen) atoms. The Labute approximate surface area is 248 Å². The molecule has 1 aromatic rings. The Morgan fingerprint density at radius 1 is 1.02 bits per heavy atom. The first-order valence-corrected chi connectivity index (χ1v) is 15.0. The van der Waals surface area contributed by atoms with Gasteiger partial charge in [-0.25, -0.2) is 20.8 Å². The summed E-state index contributed by atoms with van der Waals surface area (Å²) in [5.74, 6) is 4.53. The van der Waals surface area contributed by atoms with E-state index in [1.165, 1.54) is 11.1 Å². The first kappa shape index (κ1) is 33.1. The van der Waals surface area contributed by atoms with Gasteiger partial charge in [0.05, 0.1) is 5.69 Å². The minimum Gasteiger partial charge on any atom is -0.460 e. The van der Waals surface area contributed by atoms with Crippen molar-refractivity contribution in [3.8, 4) is 0 Å². The highest BCUT2D eigenvalue weighted by atomic mass is 32.2. The van der Waals surface area contributed by atoms with Gasteiger partial charge in [-0.05, 0) is 111 Å². The van der Waals surface area contributed by atoms with Crippen LogP contribution < -0.4 is 16.7 Å². The van der Waals surface area contributed by atoms with Gasteiger partial charge in [0.25, 0.3) is 0 Å². The van der Waals surface area contributed by atoms with E-state index in [0.717, 1.165) is 19.4 Å². The summed E-state index contributed by atoms with van der Waals surface area (Å²) in [5.41, 5.74) is 6.46. The minimum absolute atomic E-state index is 0.213. The lowest BCUT2D eigenvalue weighted by atomic mass is 9.85. The minimum atomic E-state index is -2.07. The zero-order chi connectivity index (χ0) is 30.9. The number of allylic oxidation sites excluding steroid dienone is 1. The van der Waals surface area contributed by atoms with Crippen LogP contribution in [0.4, 0.5) is 5.69 Å². The molecule has 2 saturated heterocycles. The molecule has 2 heterocycles. The Morgan fingerprint density at radius 2 is 1.61 bits per heavy atom. The van der Waals surface area contributed by atoms with Crippen molar-refractivity contribution in [3.63, 3.8) is 0 Å². The molecule has 10 nitrogen and oxygen atoms in total. The third kappa shape index (κ3) is 8.32. The van der Waals surface area contributed by atoms with Crippen molar-refractivity contribution in [1.82, 2.24) is 9.53 Å². The van der Waals surface area contributed by atoms with Crippen LogP contribution in [0.5, 0.6) is 0 Å². The fourth-order valence-corrected chi connectivity index (χ4v) is 6.00. The molecule has 0 aliphatic carbocycles. The highest BCUT2D eigenvalue weighted by Gasteiger charge is 2.46. The Bertz CT molecular complexity index is 1170. The Kier molecular flexibility index (Phi) is 10.0. The lowest BCUT2D eigenvalue weighted by Crippen LogP contribution is -2.58. The quantitative estimate of drug-likeness (QED) is 0.0832. The molecule has 4 N–H and O–H groups in total. The molecule has 1 aromatic carbocycles. The highest BCUT2D eigenvalue weighted by molar-refractivity contribution is 7.97. The molecular weight excluding hydrogens is 542 g/mol. The summed E-state index contributed by atoms with van der Waals surface area (Å²) in [6, 6.07) is 7.02. The molecule has 0 saturated carbocycles. The molecule has 0 spiro atoms. The number of rotatable bonds is 8. The molecule has 228 valence electrons. The van der Waals surface area contributed by atoms with Gasteiger partial charge in [-0.3, -0.25) is 9.59 Å². The standard InChI is InChI=1S/C30H47N5O5S/c1-19(2)22-17-24-16-20(3)41-35(33(24)18-22)34(32)23-12-10-21(11-13-23)26(37)30(31,27(38)40-29(7,8)9)15-14-25(36)39-28(4,5)6/h10-13,20,24H,14-18,31-32H2,1-9H3/t20-,24+,30?/m1/s1. The maximum absolute atomic E-state index is 13.7. The van der Waals surface area contributed by atoms with E-state index in [-0.39, 0.29) is 18.4 Å². The largest absolute Gasteiger partial charge is 0.460 e. The number of nitrogens with zero attached hydrogens (tertiary/aromatic N) is 3. The van der Waals surface area contributed by atoms with Gasteiger partial charge in [-0.2, -0.15) is 0 Å². The second kappa shape index (κ2) is 12.4. The van der Waals surface area contributed by atoms with E-state index in [1.807, 2.05) is 4.52 Å². The maximum Gasteiger partial charge on any atom is 0.334 e. The summed E-state index contributed by atoms with van der Waals surface area (Å²) >= 11 is 1.66. The smallest absolute Gasteiger partial charge is 0.334 e. The molecule has 3 rings (SSSR count). The summed E-state index contributed by atoms with van der Waals surface area (Å²) in [6.45, 7) is 17.6. The van der Waals surface area contributed by atoms with Crippen molar-refractivity contribution in [1.29, 1.82) is 0 Å². The number of hydrogen-bond donors (Lipinski definition) is 2. The Balaban J connectivity index is 1.83. The number of ether oxygens (including phenoxy) is 2. The molecule has 11 heteroatoms. The van der Waals surface area contributed by atoms with Gasteiger partial charge in [-0.1, -0.05) is 22.6 Å². The normalized spacial score (nSPS) is 21.6. The van der Waals surface area contributed by atoms with Crippen LogP contribution in [0, 0.1) is 0 Å². The fraction of sp³-hybridized carbons (Fsp3) is 0.633. The van der Waals surface area contributed by atoms with Crippen LogP contribution in [0.2, 0.25) is 0 Å². The first-order valence-electron chi connectivity index (χ1n) is 14.1. The summed E-state index contributed by atoms with van der Waals surface area (Å²) in [6.07, 6.45) is 1.62. The molecule has 1 unspecified atom stereocenters. The van der Waals surface area contributed by atoms with E-state index in [0.29, 0.717) is 17.0 Å². The van der Waals surface area contributed by atoms with Gasteiger partial charge >= 0.3 is 11.9 Å². The third-order valence-electron chi connectivity index (χ3n) is 6.95. The first-order chi connectivity index (χ1) is 18.8. The summed E-state index contributed by atoms with van der Waals surface area (Å²) in [4.78, 5) is 39.4. The second-order valence-electron chi connectivity index (χ2n) is 13.2. The zero-order valence-corrected chi connectivity index (χ0v) is 26.8. The Hall–Kier alpha value is -2.44. The molecule has 0 amide bonds. The average Bonchev–Trinajstić information content (AvgIpc) is 3.28. The lowest BCUT2D eigenvalue weighted by molar-refractivity contribution is -0.160. The Morgan fingerprint density at radius 3 is 2.15 bits per heavy atom. The summed E-state index contributed by atoms with van der Waals surface area (Å²) < 4.78 is 12.9. The number of carbonyl (C=O) groups excluding carboxylic acids is 3. The predicted octanol–water partition coefficient (Wildman–Crippen LogP) is 4.69. The topological polar surface area (TPSA) is 131 Å². The molecule has 2 fully saturated rings. The number of hydrogen-bond acceptors (Lipinski definition) is 11. The van der Waals surface area contributed by atoms with E-state index in [2.05, 4.69) is 25.8 Å². The summed E-state index contributed by atoms with van der Waals surface area (Å²) in [7, 11) is 0. The van der Waals surface area contributed by atoms with E-state index in [1.54, 1.807) is 82.9 Å². The average molecular weight is 590 g/mol.